The number of imidazole rings is 1. The maximum Gasteiger partial charge on any atom is 0.416 e. The maximum absolute atomic E-state index is 12.7. The number of ether oxygens (including phenoxy) is 1. The van der Waals surface area contributed by atoms with Crippen LogP contribution in [0, 0.1) is 0 Å². The molecule has 0 aliphatic rings. The molecule has 0 aliphatic heterocycles. The minimum atomic E-state index is -4.35. The normalized spacial score (nSPS) is 11.8. The van der Waals surface area contributed by atoms with Crippen molar-refractivity contribution >= 4 is 11.0 Å². The topological polar surface area (TPSA) is 37.9 Å². The fraction of sp³-hybridized carbons (Fsp3) is 0.235. The molecule has 0 bridgehead atoms. The standard InChI is InChI=1S/C17H15F3N2O/c1-2-23-13-6-3-11(4-7-13)9-16-21-14-8-5-12(17(18,19)20)10-15(14)22-16/h3-8,10H,2,9H2,1H3,(H,21,22). The van der Waals surface area contributed by atoms with Gasteiger partial charge < -0.3 is 9.72 Å². The van der Waals surface area contributed by atoms with Crippen molar-refractivity contribution in [3.63, 3.8) is 0 Å². The van der Waals surface area contributed by atoms with Gasteiger partial charge in [0.2, 0.25) is 0 Å². The summed E-state index contributed by atoms with van der Waals surface area (Å²) in [5, 5.41) is 0. The fourth-order valence-corrected chi connectivity index (χ4v) is 2.39. The van der Waals surface area contributed by atoms with Gasteiger partial charge in [0.05, 0.1) is 23.2 Å². The van der Waals surface area contributed by atoms with Crippen molar-refractivity contribution in [1.29, 1.82) is 0 Å². The average molecular weight is 320 g/mol. The summed E-state index contributed by atoms with van der Waals surface area (Å²) >= 11 is 0. The number of fused-ring (bicyclic) bond motifs is 1. The Morgan fingerprint density at radius 3 is 2.48 bits per heavy atom. The monoisotopic (exact) mass is 320 g/mol. The summed E-state index contributed by atoms with van der Waals surface area (Å²) in [6.07, 6.45) is -3.84. The molecule has 0 radical (unpaired) electrons. The summed E-state index contributed by atoms with van der Waals surface area (Å²) < 4.78 is 43.5. The highest BCUT2D eigenvalue weighted by Gasteiger charge is 2.30. The summed E-state index contributed by atoms with van der Waals surface area (Å²) in [6.45, 7) is 2.52. The number of hydrogen-bond donors (Lipinski definition) is 1. The number of nitrogens with one attached hydrogen (secondary N) is 1. The van der Waals surface area contributed by atoms with E-state index in [0.717, 1.165) is 23.4 Å². The van der Waals surface area contributed by atoms with E-state index in [4.69, 9.17) is 4.74 Å². The molecule has 0 saturated carbocycles. The molecular weight excluding hydrogens is 305 g/mol. The van der Waals surface area contributed by atoms with Crippen LogP contribution in [0.5, 0.6) is 5.75 Å². The predicted molar refractivity (Wildman–Crippen MR) is 81.5 cm³/mol. The van der Waals surface area contributed by atoms with Crippen molar-refractivity contribution in [2.75, 3.05) is 6.61 Å². The van der Waals surface area contributed by atoms with Gasteiger partial charge in [0.15, 0.2) is 0 Å². The van der Waals surface area contributed by atoms with Gasteiger partial charge in [-0.05, 0) is 42.8 Å². The Labute approximate surface area is 131 Å². The molecule has 1 heterocycles. The minimum absolute atomic E-state index is 0.390. The molecule has 6 heteroatoms. The Bertz CT molecular complexity index is 807. The van der Waals surface area contributed by atoms with Crippen LogP contribution in [0.1, 0.15) is 23.9 Å². The molecule has 23 heavy (non-hydrogen) atoms. The zero-order valence-corrected chi connectivity index (χ0v) is 12.4. The smallest absolute Gasteiger partial charge is 0.416 e. The second-order valence-corrected chi connectivity index (χ2v) is 5.17. The van der Waals surface area contributed by atoms with E-state index in [-0.39, 0.29) is 0 Å². The lowest BCUT2D eigenvalue weighted by atomic mass is 10.1. The van der Waals surface area contributed by atoms with Crippen LogP contribution in [-0.2, 0) is 12.6 Å². The van der Waals surface area contributed by atoms with Gasteiger partial charge in [-0.15, -0.1) is 0 Å². The van der Waals surface area contributed by atoms with Crippen LogP contribution in [-0.4, -0.2) is 16.6 Å². The lowest BCUT2D eigenvalue weighted by Gasteiger charge is -2.05. The number of aromatic amines is 1. The third-order valence-corrected chi connectivity index (χ3v) is 3.46. The van der Waals surface area contributed by atoms with Gasteiger partial charge in [0, 0.05) is 6.42 Å². The molecular formula is C17H15F3N2O. The summed E-state index contributed by atoms with van der Waals surface area (Å²) in [5.74, 6) is 1.42. The highest BCUT2D eigenvalue weighted by atomic mass is 19.4. The Balaban J connectivity index is 1.83. The molecule has 0 aliphatic carbocycles. The van der Waals surface area contributed by atoms with Gasteiger partial charge >= 0.3 is 6.18 Å². The predicted octanol–water partition coefficient (Wildman–Crippen LogP) is 4.57. The van der Waals surface area contributed by atoms with E-state index >= 15 is 0 Å². The Morgan fingerprint density at radius 2 is 1.83 bits per heavy atom. The zero-order valence-electron chi connectivity index (χ0n) is 12.4. The van der Waals surface area contributed by atoms with Crippen molar-refractivity contribution in [2.45, 2.75) is 19.5 Å². The fourth-order valence-electron chi connectivity index (χ4n) is 2.39. The summed E-state index contributed by atoms with van der Waals surface area (Å²) in [4.78, 5) is 7.29. The zero-order chi connectivity index (χ0) is 16.4. The van der Waals surface area contributed by atoms with Gasteiger partial charge in [-0.3, -0.25) is 0 Å². The van der Waals surface area contributed by atoms with E-state index in [1.807, 2.05) is 31.2 Å². The first kappa shape index (κ1) is 15.4. The third kappa shape index (κ3) is 3.47. The van der Waals surface area contributed by atoms with Gasteiger partial charge in [-0.2, -0.15) is 13.2 Å². The van der Waals surface area contributed by atoms with Gasteiger partial charge in [-0.25, -0.2) is 4.98 Å². The van der Waals surface area contributed by atoms with Crippen LogP contribution < -0.4 is 4.74 Å². The van der Waals surface area contributed by atoms with E-state index in [2.05, 4.69) is 9.97 Å². The van der Waals surface area contributed by atoms with E-state index in [0.29, 0.717) is 29.9 Å². The SMILES string of the molecule is CCOc1ccc(Cc2nc3ccc(C(F)(F)F)cc3[nH]2)cc1. The van der Waals surface area contributed by atoms with Crippen molar-refractivity contribution in [2.24, 2.45) is 0 Å². The second kappa shape index (κ2) is 5.95. The number of alkyl halides is 3. The molecule has 3 rings (SSSR count). The number of aromatic nitrogens is 2. The molecule has 120 valence electrons. The van der Waals surface area contributed by atoms with Crippen molar-refractivity contribution in [3.8, 4) is 5.75 Å². The van der Waals surface area contributed by atoms with Crippen molar-refractivity contribution in [3.05, 3.63) is 59.4 Å². The molecule has 0 fully saturated rings. The molecule has 0 unspecified atom stereocenters. The maximum atomic E-state index is 12.7. The highest BCUT2D eigenvalue weighted by molar-refractivity contribution is 5.76. The number of nitrogens with zero attached hydrogens (tertiary/aromatic N) is 1. The van der Waals surface area contributed by atoms with E-state index in [9.17, 15) is 13.2 Å². The number of H-pyrrole nitrogens is 1. The number of rotatable bonds is 4. The van der Waals surface area contributed by atoms with Crippen molar-refractivity contribution < 1.29 is 17.9 Å². The van der Waals surface area contributed by atoms with Gasteiger partial charge in [0.25, 0.3) is 0 Å². The molecule has 3 aromatic rings. The Kier molecular flexibility index (Phi) is 3.98. The molecule has 2 aromatic carbocycles. The first-order valence-electron chi connectivity index (χ1n) is 7.23. The van der Waals surface area contributed by atoms with Crippen LogP contribution in [0.2, 0.25) is 0 Å². The summed E-state index contributed by atoms with van der Waals surface area (Å²) in [7, 11) is 0. The average Bonchev–Trinajstić information content (AvgIpc) is 2.90. The molecule has 0 spiro atoms. The van der Waals surface area contributed by atoms with Gasteiger partial charge in [0.1, 0.15) is 11.6 Å². The van der Waals surface area contributed by atoms with Crippen LogP contribution in [0.4, 0.5) is 13.2 Å². The lowest BCUT2D eigenvalue weighted by molar-refractivity contribution is -0.137. The van der Waals surface area contributed by atoms with Crippen LogP contribution in [0.25, 0.3) is 11.0 Å². The molecule has 0 amide bonds. The Hall–Kier alpha value is -2.50. The largest absolute Gasteiger partial charge is 0.494 e. The number of halogens is 3. The quantitative estimate of drug-likeness (QED) is 0.764. The third-order valence-electron chi connectivity index (χ3n) is 3.46. The molecule has 0 atom stereocenters. The highest BCUT2D eigenvalue weighted by Crippen LogP contribution is 2.31. The first-order chi connectivity index (χ1) is 11.0. The minimum Gasteiger partial charge on any atom is -0.494 e. The van der Waals surface area contributed by atoms with Crippen LogP contribution >= 0.6 is 0 Å². The number of benzene rings is 2. The summed E-state index contributed by atoms with van der Waals surface area (Å²) in [5.41, 5.74) is 1.24. The first-order valence-corrected chi connectivity index (χ1v) is 7.23. The number of hydrogen-bond acceptors (Lipinski definition) is 2. The van der Waals surface area contributed by atoms with Crippen molar-refractivity contribution in [1.82, 2.24) is 9.97 Å². The molecule has 3 nitrogen and oxygen atoms in total. The molecule has 1 aromatic heterocycles. The summed E-state index contributed by atoms with van der Waals surface area (Å²) in [6, 6.07) is 11.1. The van der Waals surface area contributed by atoms with E-state index in [1.165, 1.54) is 6.07 Å². The van der Waals surface area contributed by atoms with Crippen LogP contribution in [0.15, 0.2) is 42.5 Å². The molecule has 0 saturated heterocycles. The van der Waals surface area contributed by atoms with E-state index < -0.39 is 11.7 Å². The van der Waals surface area contributed by atoms with Gasteiger partial charge in [-0.1, -0.05) is 12.1 Å². The molecule has 1 N–H and O–H groups in total. The second-order valence-electron chi connectivity index (χ2n) is 5.17. The van der Waals surface area contributed by atoms with Crippen LogP contribution in [0.3, 0.4) is 0 Å². The Morgan fingerprint density at radius 1 is 1.09 bits per heavy atom. The van der Waals surface area contributed by atoms with E-state index in [1.54, 1.807) is 0 Å². The lowest BCUT2D eigenvalue weighted by Crippen LogP contribution is -2.04.